The Hall–Kier alpha value is -2.30. The van der Waals surface area contributed by atoms with Crippen molar-refractivity contribution in [1.29, 1.82) is 0 Å². The predicted octanol–water partition coefficient (Wildman–Crippen LogP) is 1.78. The molecule has 98 valence electrons. The fraction of sp³-hybridized carbons (Fsp3) is 0.286. The van der Waals surface area contributed by atoms with E-state index in [1.54, 1.807) is 6.26 Å². The van der Waals surface area contributed by atoms with Gasteiger partial charge in [0.15, 0.2) is 5.96 Å². The number of aliphatic imine (C=N–C) groups is 1. The molecule has 0 amide bonds. The Kier molecular flexibility index (Phi) is 3.18. The molecule has 0 fully saturated rings. The van der Waals surface area contributed by atoms with Gasteiger partial charge in [-0.25, -0.2) is 4.98 Å². The molecule has 1 atom stereocenters. The fourth-order valence-electron chi connectivity index (χ4n) is 1.94. The van der Waals surface area contributed by atoms with Gasteiger partial charge in [0.25, 0.3) is 0 Å². The number of aromatic nitrogens is 1. The van der Waals surface area contributed by atoms with E-state index in [2.05, 4.69) is 27.5 Å². The molecule has 5 nitrogen and oxygen atoms in total. The Balaban J connectivity index is 1.63. The van der Waals surface area contributed by atoms with Crippen molar-refractivity contribution in [3.63, 3.8) is 0 Å². The maximum absolute atomic E-state index is 5.48. The minimum absolute atomic E-state index is 0.402. The van der Waals surface area contributed by atoms with Gasteiger partial charge in [-0.15, -0.1) is 0 Å². The van der Waals surface area contributed by atoms with Gasteiger partial charge in [-0.1, -0.05) is 18.2 Å². The number of nitrogens with zero attached hydrogens (tertiary/aromatic N) is 2. The maximum Gasteiger partial charge on any atom is 0.226 e. The standard InChI is InChI=1S/C14H16N4O/c1-10-7-15-14(17-10)16-8-12-9-19-13(18-12)11-5-3-2-4-6-11/h2-6,9-10H,7-8H2,1H3,(H2,15,16,17). The zero-order valence-corrected chi connectivity index (χ0v) is 10.8. The molecule has 3 rings (SSSR count). The van der Waals surface area contributed by atoms with Crippen LogP contribution in [0, 0.1) is 0 Å². The van der Waals surface area contributed by atoms with Crippen molar-refractivity contribution in [3.8, 4) is 11.5 Å². The molecule has 2 aromatic rings. The largest absolute Gasteiger partial charge is 0.444 e. The van der Waals surface area contributed by atoms with Gasteiger partial charge in [0.05, 0.1) is 18.8 Å². The van der Waals surface area contributed by atoms with Gasteiger partial charge < -0.3 is 15.1 Å². The monoisotopic (exact) mass is 256 g/mol. The van der Waals surface area contributed by atoms with Crippen LogP contribution in [0.3, 0.4) is 0 Å². The van der Waals surface area contributed by atoms with E-state index >= 15 is 0 Å². The molecule has 0 saturated heterocycles. The molecule has 0 radical (unpaired) electrons. The number of hydrogen-bond donors (Lipinski definition) is 2. The van der Waals surface area contributed by atoms with Gasteiger partial charge in [0.1, 0.15) is 6.26 Å². The van der Waals surface area contributed by atoms with E-state index < -0.39 is 0 Å². The highest BCUT2D eigenvalue weighted by Gasteiger charge is 2.12. The fourth-order valence-corrected chi connectivity index (χ4v) is 1.94. The third-order valence-corrected chi connectivity index (χ3v) is 2.92. The van der Waals surface area contributed by atoms with Crippen molar-refractivity contribution in [2.75, 3.05) is 6.54 Å². The average molecular weight is 256 g/mol. The summed E-state index contributed by atoms with van der Waals surface area (Å²) in [5, 5.41) is 6.45. The zero-order valence-electron chi connectivity index (χ0n) is 10.8. The Labute approximate surface area is 111 Å². The van der Waals surface area contributed by atoms with Crippen molar-refractivity contribution in [2.24, 2.45) is 4.99 Å². The van der Waals surface area contributed by atoms with E-state index in [9.17, 15) is 0 Å². The number of benzene rings is 1. The highest BCUT2D eigenvalue weighted by Crippen LogP contribution is 2.17. The quantitative estimate of drug-likeness (QED) is 0.878. The van der Waals surface area contributed by atoms with Crippen molar-refractivity contribution in [3.05, 3.63) is 42.3 Å². The van der Waals surface area contributed by atoms with Gasteiger partial charge in [-0.05, 0) is 19.1 Å². The lowest BCUT2D eigenvalue weighted by Gasteiger charge is -2.06. The molecular formula is C14H16N4O. The number of rotatable bonds is 3. The van der Waals surface area contributed by atoms with Crippen molar-refractivity contribution < 1.29 is 4.42 Å². The summed E-state index contributed by atoms with van der Waals surface area (Å²) in [6.45, 7) is 3.52. The summed E-state index contributed by atoms with van der Waals surface area (Å²) in [6.07, 6.45) is 1.67. The number of nitrogens with one attached hydrogen (secondary N) is 2. The first-order chi connectivity index (χ1) is 9.31. The molecule has 2 heterocycles. The average Bonchev–Trinajstić information content (AvgIpc) is 3.06. The lowest BCUT2D eigenvalue weighted by Crippen LogP contribution is -2.37. The van der Waals surface area contributed by atoms with E-state index in [0.29, 0.717) is 18.5 Å². The molecule has 1 aliphatic heterocycles. The molecule has 1 aliphatic rings. The summed E-state index contributed by atoms with van der Waals surface area (Å²) in [5.41, 5.74) is 1.85. The number of hydrogen-bond acceptors (Lipinski definition) is 5. The minimum atomic E-state index is 0.402. The van der Waals surface area contributed by atoms with E-state index in [1.807, 2.05) is 30.3 Å². The highest BCUT2D eigenvalue weighted by molar-refractivity contribution is 5.81. The second-order valence-electron chi connectivity index (χ2n) is 4.60. The summed E-state index contributed by atoms with van der Waals surface area (Å²) in [6, 6.07) is 10.3. The van der Waals surface area contributed by atoms with Crippen LogP contribution in [0.25, 0.3) is 11.5 Å². The van der Waals surface area contributed by atoms with Crippen LogP contribution in [0.2, 0.25) is 0 Å². The summed E-state index contributed by atoms with van der Waals surface area (Å²) in [5.74, 6) is 1.48. The number of oxazole rings is 1. The highest BCUT2D eigenvalue weighted by atomic mass is 16.3. The third-order valence-electron chi connectivity index (χ3n) is 2.92. The molecule has 0 bridgehead atoms. The van der Waals surface area contributed by atoms with Crippen LogP contribution in [-0.2, 0) is 6.54 Å². The van der Waals surface area contributed by atoms with Crippen LogP contribution < -0.4 is 10.6 Å². The molecule has 0 saturated carbocycles. The predicted molar refractivity (Wildman–Crippen MR) is 73.7 cm³/mol. The van der Waals surface area contributed by atoms with Crippen LogP contribution in [0.5, 0.6) is 0 Å². The second-order valence-corrected chi connectivity index (χ2v) is 4.60. The first-order valence-corrected chi connectivity index (χ1v) is 6.36. The summed E-state index contributed by atoms with van der Waals surface area (Å²) >= 11 is 0. The van der Waals surface area contributed by atoms with Crippen LogP contribution in [0.4, 0.5) is 0 Å². The van der Waals surface area contributed by atoms with E-state index in [1.165, 1.54) is 0 Å². The third kappa shape index (κ3) is 2.76. The lowest BCUT2D eigenvalue weighted by molar-refractivity contribution is 0.572. The molecule has 1 aromatic heterocycles. The summed E-state index contributed by atoms with van der Waals surface area (Å²) in [4.78, 5) is 8.78. The van der Waals surface area contributed by atoms with Crippen molar-refractivity contribution >= 4 is 5.96 Å². The van der Waals surface area contributed by atoms with Gasteiger partial charge in [0, 0.05) is 11.6 Å². The first kappa shape index (κ1) is 11.8. The van der Waals surface area contributed by atoms with Gasteiger partial charge in [0.2, 0.25) is 5.89 Å². The van der Waals surface area contributed by atoms with Gasteiger partial charge in [-0.2, -0.15) is 0 Å². The van der Waals surface area contributed by atoms with Crippen LogP contribution in [-0.4, -0.2) is 23.5 Å². The molecule has 0 spiro atoms. The first-order valence-electron chi connectivity index (χ1n) is 6.36. The van der Waals surface area contributed by atoms with Crippen LogP contribution in [0.15, 0.2) is 46.0 Å². The van der Waals surface area contributed by atoms with Gasteiger partial charge in [-0.3, -0.25) is 4.99 Å². The van der Waals surface area contributed by atoms with E-state index in [-0.39, 0.29) is 0 Å². The lowest BCUT2D eigenvalue weighted by atomic mass is 10.2. The molecule has 1 unspecified atom stereocenters. The smallest absolute Gasteiger partial charge is 0.226 e. The molecule has 2 N–H and O–H groups in total. The Morgan fingerprint density at radius 1 is 1.37 bits per heavy atom. The minimum Gasteiger partial charge on any atom is -0.444 e. The van der Waals surface area contributed by atoms with Gasteiger partial charge >= 0.3 is 0 Å². The molecular weight excluding hydrogens is 240 g/mol. The van der Waals surface area contributed by atoms with E-state index in [0.717, 1.165) is 23.8 Å². The summed E-state index contributed by atoms with van der Waals surface area (Å²) in [7, 11) is 0. The normalized spacial score (nSPS) is 17.9. The van der Waals surface area contributed by atoms with Crippen molar-refractivity contribution in [1.82, 2.24) is 15.6 Å². The molecule has 19 heavy (non-hydrogen) atoms. The zero-order chi connectivity index (χ0) is 13.1. The topological polar surface area (TPSA) is 62.5 Å². The van der Waals surface area contributed by atoms with Crippen LogP contribution in [0.1, 0.15) is 12.6 Å². The molecule has 1 aromatic carbocycles. The molecule has 5 heteroatoms. The second kappa shape index (κ2) is 5.14. The Morgan fingerprint density at radius 2 is 2.21 bits per heavy atom. The maximum atomic E-state index is 5.48. The Bertz CT molecular complexity index is 576. The number of guanidine groups is 1. The molecule has 0 aliphatic carbocycles. The summed E-state index contributed by atoms with van der Waals surface area (Å²) < 4.78 is 5.48. The SMILES string of the molecule is CC1CN=C(NCc2coc(-c3ccccc3)n2)N1. The van der Waals surface area contributed by atoms with Crippen molar-refractivity contribution in [2.45, 2.75) is 19.5 Å². The van der Waals surface area contributed by atoms with E-state index in [4.69, 9.17) is 4.42 Å². The Morgan fingerprint density at radius 3 is 2.95 bits per heavy atom. The van der Waals surface area contributed by atoms with Crippen LogP contribution >= 0.6 is 0 Å².